The predicted octanol–water partition coefficient (Wildman–Crippen LogP) is 3.79. The van der Waals surface area contributed by atoms with Gasteiger partial charge in [0.25, 0.3) is 0 Å². The molecule has 3 rings (SSSR count). The molecule has 0 aromatic heterocycles. The molecular formula is C21H29NO6S. The molecule has 1 aromatic rings. The van der Waals surface area contributed by atoms with E-state index in [1.807, 2.05) is 0 Å². The second kappa shape index (κ2) is 7.31. The highest BCUT2D eigenvalue weighted by molar-refractivity contribution is 7.92. The maximum Gasteiger partial charge on any atom is 0.410 e. The summed E-state index contributed by atoms with van der Waals surface area (Å²) < 4.78 is 31.6. The zero-order valence-electron chi connectivity index (χ0n) is 17.3. The maximum absolute atomic E-state index is 13.1. The molecule has 2 atom stereocenters. The van der Waals surface area contributed by atoms with Crippen molar-refractivity contribution in [2.45, 2.75) is 75.2 Å². The highest BCUT2D eigenvalue weighted by atomic mass is 32.2. The third-order valence-electron chi connectivity index (χ3n) is 5.80. The summed E-state index contributed by atoms with van der Waals surface area (Å²) >= 11 is 0. The number of hydrogen-bond acceptors (Lipinski definition) is 5. The third kappa shape index (κ3) is 3.86. The van der Waals surface area contributed by atoms with Gasteiger partial charge in [0.15, 0.2) is 9.84 Å². The zero-order valence-corrected chi connectivity index (χ0v) is 18.2. The summed E-state index contributed by atoms with van der Waals surface area (Å²) in [5.74, 6) is -1.03. The molecule has 1 saturated carbocycles. The first-order chi connectivity index (χ1) is 13.4. The van der Waals surface area contributed by atoms with Crippen LogP contribution < -0.4 is 0 Å². The van der Waals surface area contributed by atoms with Crippen molar-refractivity contribution in [1.82, 2.24) is 4.90 Å². The summed E-state index contributed by atoms with van der Waals surface area (Å²) in [4.78, 5) is 26.8. The van der Waals surface area contributed by atoms with E-state index in [9.17, 15) is 23.1 Å². The average Bonchev–Trinajstić information content (AvgIpc) is 3.41. The predicted molar refractivity (Wildman–Crippen MR) is 107 cm³/mol. The lowest BCUT2D eigenvalue weighted by Crippen LogP contribution is -2.42. The Morgan fingerprint density at radius 2 is 1.86 bits per heavy atom. The second-order valence-electron chi connectivity index (χ2n) is 8.92. The maximum atomic E-state index is 13.1. The number of ether oxygens (including phenoxy) is 1. The number of nitrogens with zero attached hydrogens (tertiary/aromatic N) is 1. The normalized spacial score (nSPS) is 25.1. The van der Waals surface area contributed by atoms with E-state index in [0.29, 0.717) is 18.4 Å². The summed E-state index contributed by atoms with van der Waals surface area (Å²) in [5.41, 5.74) is -1.65. The third-order valence-corrected chi connectivity index (χ3v) is 8.14. The number of likely N-dealkylation sites (tertiary alicyclic amines) is 1. The molecule has 2 aliphatic rings. The zero-order chi connectivity index (χ0) is 21.6. The van der Waals surface area contributed by atoms with Gasteiger partial charge in [0, 0.05) is 6.54 Å². The summed E-state index contributed by atoms with van der Waals surface area (Å²) in [6, 6.07) is 5.58. The number of aliphatic carboxylic acids is 1. The molecule has 8 heteroatoms. The van der Waals surface area contributed by atoms with E-state index in [4.69, 9.17) is 4.74 Å². The quantitative estimate of drug-likeness (QED) is 0.773. The van der Waals surface area contributed by atoms with Crippen LogP contribution in [0, 0.1) is 5.41 Å². The van der Waals surface area contributed by atoms with Gasteiger partial charge in [-0.05, 0) is 58.1 Å². The first kappa shape index (κ1) is 21.6. The van der Waals surface area contributed by atoms with Gasteiger partial charge in [0.2, 0.25) is 0 Å². The Labute approximate surface area is 172 Å². The molecule has 2 unspecified atom stereocenters. The van der Waals surface area contributed by atoms with E-state index in [0.717, 1.165) is 0 Å². The number of amides is 1. The number of carboxylic acids is 1. The van der Waals surface area contributed by atoms with Crippen molar-refractivity contribution < 1.29 is 27.9 Å². The van der Waals surface area contributed by atoms with E-state index in [1.165, 1.54) is 11.0 Å². The second-order valence-corrected chi connectivity index (χ2v) is 11.1. The van der Waals surface area contributed by atoms with Gasteiger partial charge in [0.1, 0.15) is 5.60 Å². The van der Waals surface area contributed by atoms with Crippen LogP contribution in [0.15, 0.2) is 29.2 Å². The van der Waals surface area contributed by atoms with Crippen LogP contribution in [-0.4, -0.2) is 47.9 Å². The molecule has 1 heterocycles. The van der Waals surface area contributed by atoms with Crippen LogP contribution in [0.5, 0.6) is 0 Å². The lowest BCUT2D eigenvalue weighted by Gasteiger charge is -2.36. The van der Waals surface area contributed by atoms with E-state index in [-0.39, 0.29) is 24.3 Å². The van der Waals surface area contributed by atoms with E-state index in [1.54, 1.807) is 45.9 Å². The molecule has 0 bridgehead atoms. The summed E-state index contributed by atoms with van der Waals surface area (Å²) in [5, 5.41) is 9.68. The van der Waals surface area contributed by atoms with E-state index < -0.39 is 44.2 Å². The number of sulfone groups is 1. The van der Waals surface area contributed by atoms with Crippen molar-refractivity contribution in [3.63, 3.8) is 0 Å². The highest BCUT2D eigenvalue weighted by Gasteiger charge is 2.56. The van der Waals surface area contributed by atoms with Gasteiger partial charge in [-0.1, -0.05) is 25.1 Å². The van der Waals surface area contributed by atoms with Crippen molar-refractivity contribution in [3.8, 4) is 0 Å². The Morgan fingerprint density at radius 3 is 2.38 bits per heavy atom. The topological polar surface area (TPSA) is 101 Å². The molecule has 7 nitrogen and oxygen atoms in total. The minimum atomic E-state index is -3.57. The minimum Gasteiger partial charge on any atom is -0.481 e. The summed E-state index contributed by atoms with van der Waals surface area (Å²) in [6.07, 6.45) is 1.09. The first-order valence-corrected chi connectivity index (χ1v) is 11.5. The molecule has 1 saturated heterocycles. The van der Waals surface area contributed by atoms with Gasteiger partial charge in [-0.3, -0.25) is 9.69 Å². The van der Waals surface area contributed by atoms with Crippen LogP contribution in [-0.2, 0) is 19.4 Å². The van der Waals surface area contributed by atoms with Gasteiger partial charge >= 0.3 is 12.1 Å². The lowest BCUT2D eigenvalue weighted by atomic mass is 9.75. The van der Waals surface area contributed by atoms with Crippen LogP contribution >= 0.6 is 0 Å². The monoisotopic (exact) mass is 423 g/mol. The van der Waals surface area contributed by atoms with E-state index in [2.05, 4.69) is 0 Å². The number of benzene rings is 1. The molecule has 1 N–H and O–H groups in total. The molecule has 1 amide bonds. The number of carbonyl (C=O) groups is 2. The Morgan fingerprint density at radius 1 is 1.24 bits per heavy atom. The number of rotatable bonds is 5. The first-order valence-electron chi connectivity index (χ1n) is 10.00. The molecular weight excluding hydrogens is 394 g/mol. The number of carbonyl (C=O) groups excluding carboxylic acids is 1. The van der Waals surface area contributed by atoms with Crippen molar-refractivity contribution >= 4 is 21.9 Å². The highest BCUT2D eigenvalue weighted by Crippen LogP contribution is 2.52. The Hall–Kier alpha value is -2.09. The minimum absolute atomic E-state index is 0.127. The van der Waals surface area contributed by atoms with Gasteiger partial charge in [-0.2, -0.15) is 0 Å². The van der Waals surface area contributed by atoms with Crippen LogP contribution in [0.3, 0.4) is 0 Å². The fourth-order valence-corrected chi connectivity index (χ4v) is 6.03. The van der Waals surface area contributed by atoms with Gasteiger partial charge in [-0.25, -0.2) is 13.2 Å². The van der Waals surface area contributed by atoms with Crippen LogP contribution in [0.4, 0.5) is 4.79 Å². The standard InChI is InChI=1S/C21H29NO6S/c1-5-21(18(23)24)12-13-22(19(25)28-20(2,3)4)17(21)15-8-6-7-9-16(15)29(26,27)14-10-11-14/h6-9,14,17H,5,10-13H2,1-4H3,(H,23,24). The lowest BCUT2D eigenvalue weighted by molar-refractivity contribution is -0.151. The number of hydrogen-bond donors (Lipinski definition) is 1. The average molecular weight is 424 g/mol. The summed E-state index contributed by atoms with van der Waals surface area (Å²) in [6.45, 7) is 7.18. The molecule has 1 aromatic carbocycles. The smallest absolute Gasteiger partial charge is 0.410 e. The van der Waals surface area contributed by atoms with Crippen molar-refractivity contribution in [3.05, 3.63) is 29.8 Å². The fraction of sp³-hybridized carbons (Fsp3) is 0.619. The SMILES string of the molecule is CCC1(C(=O)O)CCN(C(=O)OC(C)(C)C)C1c1ccccc1S(=O)(=O)C1CC1. The van der Waals surface area contributed by atoms with E-state index >= 15 is 0 Å². The summed E-state index contributed by atoms with van der Waals surface area (Å²) in [7, 11) is -3.57. The fourth-order valence-electron chi connectivity index (χ4n) is 4.14. The largest absolute Gasteiger partial charge is 0.481 e. The van der Waals surface area contributed by atoms with Crippen molar-refractivity contribution in [2.24, 2.45) is 5.41 Å². The van der Waals surface area contributed by atoms with Crippen molar-refractivity contribution in [2.75, 3.05) is 6.54 Å². The van der Waals surface area contributed by atoms with Gasteiger partial charge in [0.05, 0.1) is 21.6 Å². The van der Waals surface area contributed by atoms with Crippen LogP contribution in [0.2, 0.25) is 0 Å². The molecule has 0 spiro atoms. The Kier molecular flexibility index (Phi) is 5.45. The number of carboxylic acid groups (broad SMARTS) is 1. The molecule has 1 aliphatic heterocycles. The van der Waals surface area contributed by atoms with Crippen LogP contribution in [0.25, 0.3) is 0 Å². The molecule has 29 heavy (non-hydrogen) atoms. The molecule has 1 aliphatic carbocycles. The molecule has 160 valence electrons. The Balaban J connectivity index is 2.15. The van der Waals surface area contributed by atoms with Crippen LogP contribution in [0.1, 0.15) is 65.0 Å². The molecule has 0 radical (unpaired) electrons. The Bertz CT molecular complexity index is 915. The van der Waals surface area contributed by atoms with Crippen molar-refractivity contribution in [1.29, 1.82) is 0 Å². The molecule has 2 fully saturated rings. The van der Waals surface area contributed by atoms with Gasteiger partial charge < -0.3 is 9.84 Å². The van der Waals surface area contributed by atoms with Gasteiger partial charge in [-0.15, -0.1) is 0 Å².